The van der Waals surface area contributed by atoms with E-state index in [1.54, 1.807) is 6.07 Å². The van der Waals surface area contributed by atoms with Gasteiger partial charge in [-0.15, -0.1) is 11.3 Å². The molecule has 5 nitrogen and oxygen atoms in total. The number of hydrogen-bond acceptors (Lipinski definition) is 6. The molecule has 1 aromatic carbocycles. The Bertz CT molecular complexity index is 912. The van der Waals surface area contributed by atoms with Crippen LogP contribution in [0.4, 0.5) is 10.7 Å². The standard InChI is InChI=1S/C21H23N3O2S/c1-23-10-6-15(7-11-23)14-2-4-16(5-3-14)24-12-9-21(26)18(25)17-8-13-27-19(17)22-20(21)24/h2-5,8,13,15,26H,6-7,9-12H2,1H3. The Hall–Kier alpha value is -2.02. The highest BCUT2D eigenvalue weighted by Crippen LogP contribution is 2.42. The van der Waals surface area contributed by atoms with Crippen LogP contribution < -0.4 is 4.90 Å². The van der Waals surface area contributed by atoms with Crippen molar-refractivity contribution in [2.45, 2.75) is 30.8 Å². The Morgan fingerprint density at radius 1 is 1.15 bits per heavy atom. The summed E-state index contributed by atoms with van der Waals surface area (Å²) in [5.74, 6) is 0.886. The number of carbonyl (C=O) groups excluding carboxylic acids is 1. The second-order valence-corrected chi connectivity index (χ2v) is 8.73. The molecule has 0 radical (unpaired) electrons. The molecule has 0 spiro atoms. The van der Waals surface area contributed by atoms with Crippen molar-refractivity contribution in [2.75, 3.05) is 31.6 Å². The van der Waals surface area contributed by atoms with Crippen LogP contribution in [-0.4, -0.2) is 53.9 Å². The van der Waals surface area contributed by atoms with Crippen molar-refractivity contribution in [3.05, 3.63) is 46.8 Å². The normalized spacial score (nSPS) is 26.1. The summed E-state index contributed by atoms with van der Waals surface area (Å²) in [5.41, 5.74) is 1.43. The molecular formula is C21H23N3O2S. The molecule has 0 aliphatic carbocycles. The maximum atomic E-state index is 12.8. The van der Waals surface area contributed by atoms with Gasteiger partial charge in [0, 0.05) is 18.7 Å². The molecule has 1 N–H and O–H groups in total. The third-order valence-corrected chi connectivity index (χ3v) is 7.00. The van der Waals surface area contributed by atoms with Gasteiger partial charge in [-0.05, 0) is 68.0 Å². The Morgan fingerprint density at radius 3 is 2.63 bits per heavy atom. The molecule has 2 saturated heterocycles. The van der Waals surface area contributed by atoms with Gasteiger partial charge in [-0.1, -0.05) is 12.1 Å². The van der Waals surface area contributed by atoms with Crippen molar-refractivity contribution in [1.29, 1.82) is 0 Å². The number of anilines is 1. The fourth-order valence-corrected chi connectivity index (χ4v) is 5.24. The number of fused-ring (bicyclic) bond motifs is 2. The fourth-order valence-electron chi connectivity index (χ4n) is 4.48. The van der Waals surface area contributed by atoms with Gasteiger partial charge in [0.2, 0.25) is 5.78 Å². The molecule has 5 rings (SSSR count). The quantitative estimate of drug-likeness (QED) is 0.866. The van der Waals surface area contributed by atoms with Crippen LogP contribution in [0.15, 0.2) is 40.7 Å². The lowest BCUT2D eigenvalue weighted by Gasteiger charge is -2.30. The second-order valence-electron chi connectivity index (χ2n) is 7.83. The highest BCUT2D eigenvalue weighted by molar-refractivity contribution is 7.14. The number of Topliss-reactive ketones (excluding diaryl/α,β-unsaturated/α-hetero) is 1. The Morgan fingerprint density at radius 2 is 1.89 bits per heavy atom. The summed E-state index contributed by atoms with van der Waals surface area (Å²) >= 11 is 1.45. The lowest BCUT2D eigenvalue weighted by molar-refractivity contribution is 0.0603. The SMILES string of the molecule is CN1CCC(c2ccc(N3CCC4(O)C(=O)c5ccsc5N=C34)cc2)CC1. The Kier molecular flexibility index (Phi) is 3.96. The van der Waals surface area contributed by atoms with Gasteiger partial charge in [0.1, 0.15) is 5.00 Å². The van der Waals surface area contributed by atoms with Gasteiger partial charge in [0.15, 0.2) is 11.4 Å². The summed E-state index contributed by atoms with van der Waals surface area (Å²) < 4.78 is 0. The molecule has 2 aromatic rings. The monoisotopic (exact) mass is 381 g/mol. The van der Waals surface area contributed by atoms with Gasteiger partial charge in [-0.2, -0.15) is 0 Å². The highest BCUT2D eigenvalue weighted by atomic mass is 32.1. The average Bonchev–Trinajstić information content (AvgIpc) is 3.28. The molecule has 1 atom stereocenters. The van der Waals surface area contributed by atoms with Gasteiger partial charge in [0.05, 0.1) is 5.56 Å². The summed E-state index contributed by atoms with van der Waals surface area (Å²) in [6.07, 6.45) is 2.78. The van der Waals surface area contributed by atoms with E-state index in [9.17, 15) is 9.90 Å². The van der Waals surface area contributed by atoms with Crippen LogP contribution in [0.5, 0.6) is 0 Å². The number of aliphatic imine (C=N–C) groups is 1. The molecule has 0 amide bonds. The molecule has 1 aromatic heterocycles. The van der Waals surface area contributed by atoms with Crippen LogP contribution in [0.1, 0.15) is 41.1 Å². The van der Waals surface area contributed by atoms with E-state index in [-0.39, 0.29) is 5.78 Å². The smallest absolute Gasteiger partial charge is 0.205 e. The predicted octanol–water partition coefficient (Wildman–Crippen LogP) is 3.43. The molecule has 6 heteroatoms. The Labute approximate surface area is 162 Å². The molecule has 3 aliphatic heterocycles. The molecule has 140 valence electrons. The summed E-state index contributed by atoms with van der Waals surface area (Å²) in [7, 11) is 2.18. The van der Waals surface area contributed by atoms with Crippen molar-refractivity contribution in [3.63, 3.8) is 0 Å². The highest BCUT2D eigenvalue weighted by Gasteiger charge is 2.52. The minimum Gasteiger partial charge on any atom is -0.374 e. The first kappa shape index (κ1) is 17.1. The number of rotatable bonds is 2. The number of amidine groups is 1. The average molecular weight is 382 g/mol. The first-order valence-electron chi connectivity index (χ1n) is 9.56. The molecule has 3 aliphatic rings. The topological polar surface area (TPSA) is 56.1 Å². The summed E-state index contributed by atoms with van der Waals surface area (Å²) in [4.78, 5) is 21.8. The number of aliphatic hydroxyl groups is 1. The van der Waals surface area contributed by atoms with Crippen molar-refractivity contribution in [2.24, 2.45) is 4.99 Å². The number of piperidine rings is 1. The number of thiophene rings is 1. The van der Waals surface area contributed by atoms with Crippen LogP contribution in [-0.2, 0) is 0 Å². The van der Waals surface area contributed by atoms with E-state index in [4.69, 9.17) is 0 Å². The summed E-state index contributed by atoms with van der Waals surface area (Å²) in [6.45, 7) is 2.89. The van der Waals surface area contributed by atoms with Crippen LogP contribution in [0, 0.1) is 0 Å². The number of hydrogen-bond donors (Lipinski definition) is 1. The maximum absolute atomic E-state index is 12.8. The summed E-state index contributed by atoms with van der Waals surface area (Å²) in [5, 5.41) is 13.6. The van der Waals surface area contributed by atoms with Crippen LogP contribution in [0.2, 0.25) is 0 Å². The van der Waals surface area contributed by atoms with E-state index in [0.717, 1.165) is 18.8 Å². The van der Waals surface area contributed by atoms with E-state index in [1.165, 1.54) is 29.7 Å². The molecule has 4 heterocycles. The minimum atomic E-state index is -1.49. The van der Waals surface area contributed by atoms with Crippen molar-refractivity contribution < 1.29 is 9.90 Å². The first-order chi connectivity index (χ1) is 13.1. The number of nitrogens with zero attached hydrogens (tertiary/aromatic N) is 3. The van der Waals surface area contributed by atoms with Crippen molar-refractivity contribution >= 4 is 33.6 Å². The van der Waals surface area contributed by atoms with E-state index in [1.807, 2.05) is 10.3 Å². The van der Waals surface area contributed by atoms with E-state index >= 15 is 0 Å². The third kappa shape index (κ3) is 2.66. The minimum absolute atomic E-state index is 0.214. The van der Waals surface area contributed by atoms with Crippen LogP contribution in [0.25, 0.3) is 0 Å². The van der Waals surface area contributed by atoms with Crippen molar-refractivity contribution in [3.8, 4) is 0 Å². The van der Waals surface area contributed by atoms with E-state index in [0.29, 0.717) is 35.3 Å². The van der Waals surface area contributed by atoms with Crippen LogP contribution in [0.3, 0.4) is 0 Å². The second kappa shape index (κ2) is 6.26. The largest absolute Gasteiger partial charge is 0.374 e. The van der Waals surface area contributed by atoms with Gasteiger partial charge >= 0.3 is 0 Å². The predicted molar refractivity (Wildman–Crippen MR) is 109 cm³/mol. The van der Waals surface area contributed by atoms with Gasteiger partial charge < -0.3 is 14.9 Å². The zero-order chi connectivity index (χ0) is 18.6. The molecule has 0 saturated carbocycles. The molecule has 27 heavy (non-hydrogen) atoms. The zero-order valence-corrected chi connectivity index (χ0v) is 16.2. The van der Waals surface area contributed by atoms with Gasteiger partial charge in [-0.25, -0.2) is 4.99 Å². The molecule has 2 fully saturated rings. The zero-order valence-electron chi connectivity index (χ0n) is 15.4. The van der Waals surface area contributed by atoms with Crippen molar-refractivity contribution in [1.82, 2.24) is 4.90 Å². The van der Waals surface area contributed by atoms with Crippen LogP contribution >= 0.6 is 11.3 Å². The first-order valence-corrected chi connectivity index (χ1v) is 10.4. The molecule has 1 unspecified atom stereocenters. The maximum Gasteiger partial charge on any atom is 0.205 e. The number of carbonyl (C=O) groups is 1. The lowest BCUT2D eigenvalue weighted by atomic mass is 9.89. The van der Waals surface area contributed by atoms with E-state index < -0.39 is 5.60 Å². The van der Waals surface area contributed by atoms with Gasteiger partial charge in [-0.3, -0.25) is 4.79 Å². The van der Waals surface area contributed by atoms with Gasteiger partial charge in [0.25, 0.3) is 0 Å². The third-order valence-electron chi connectivity index (χ3n) is 6.19. The molecule has 0 bridgehead atoms. The molecular weight excluding hydrogens is 358 g/mol. The lowest BCUT2D eigenvalue weighted by Crippen LogP contribution is -2.48. The Balaban J connectivity index is 1.43. The number of benzene rings is 1. The summed E-state index contributed by atoms with van der Waals surface area (Å²) in [6, 6.07) is 10.4. The number of likely N-dealkylation sites (tertiary alicyclic amines) is 1. The number of ketones is 1. The van der Waals surface area contributed by atoms with E-state index in [2.05, 4.69) is 41.2 Å². The fraction of sp³-hybridized carbons (Fsp3) is 0.429.